The van der Waals surface area contributed by atoms with Crippen molar-refractivity contribution in [3.8, 4) is 11.5 Å². The summed E-state index contributed by atoms with van der Waals surface area (Å²) in [6.45, 7) is 6.81. The number of hydrogen-bond acceptors (Lipinski definition) is 4. The number of phenols is 1. The number of piperidine rings is 1. The summed E-state index contributed by atoms with van der Waals surface area (Å²) >= 11 is 0. The Morgan fingerprint density at radius 2 is 1.89 bits per heavy atom. The highest BCUT2D eigenvalue weighted by molar-refractivity contribution is 5.79. The summed E-state index contributed by atoms with van der Waals surface area (Å²) < 4.78 is 5.47. The molecule has 0 bridgehead atoms. The van der Waals surface area contributed by atoms with Crippen molar-refractivity contribution in [2.24, 2.45) is 5.92 Å². The van der Waals surface area contributed by atoms with E-state index in [-0.39, 0.29) is 23.6 Å². The maximum Gasteiger partial charge on any atom is 0.223 e. The molecule has 5 heteroatoms. The summed E-state index contributed by atoms with van der Waals surface area (Å²) in [5, 5.41) is 13.5. The van der Waals surface area contributed by atoms with E-state index < -0.39 is 0 Å². The fourth-order valence-electron chi connectivity index (χ4n) is 3.72. The van der Waals surface area contributed by atoms with Gasteiger partial charge in [-0.2, -0.15) is 0 Å². The van der Waals surface area contributed by atoms with Crippen LogP contribution in [-0.4, -0.2) is 35.6 Å². The summed E-state index contributed by atoms with van der Waals surface area (Å²) in [5.41, 5.74) is 1.99. The summed E-state index contributed by atoms with van der Waals surface area (Å²) in [4.78, 5) is 14.9. The van der Waals surface area contributed by atoms with Gasteiger partial charge >= 0.3 is 0 Å². The quantitative estimate of drug-likeness (QED) is 0.763. The number of carbonyl (C=O) groups excluding carboxylic acids is 1. The summed E-state index contributed by atoms with van der Waals surface area (Å²) in [6.07, 6.45) is 1.67. The Morgan fingerprint density at radius 1 is 1.18 bits per heavy atom. The number of aromatic hydroxyl groups is 1. The van der Waals surface area contributed by atoms with Crippen LogP contribution in [0.25, 0.3) is 0 Å². The van der Waals surface area contributed by atoms with Crippen LogP contribution in [0.1, 0.15) is 43.9 Å². The van der Waals surface area contributed by atoms with Gasteiger partial charge in [0.05, 0.1) is 12.6 Å². The minimum absolute atomic E-state index is 0.0185. The second-order valence-corrected chi connectivity index (χ2v) is 7.39. The first-order valence-electron chi connectivity index (χ1n) is 10.1. The molecule has 0 saturated carbocycles. The monoisotopic (exact) mass is 382 g/mol. The zero-order valence-corrected chi connectivity index (χ0v) is 16.7. The third-order valence-corrected chi connectivity index (χ3v) is 5.39. The first-order chi connectivity index (χ1) is 13.6. The molecule has 0 aromatic heterocycles. The van der Waals surface area contributed by atoms with Gasteiger partial charge in [-0.25, -0.2) is 0 Å². The second-order valence-electron chi connectivity index (χ2n) is 7.39. The van der Waals surface area contributed by atoms with Gasteiger partial charge < -0.3 is 15.2 Å². The molecule has 28 heavy (non-hydrogen) atoms. The molecule has 1 amide bonds. The number of nitrogens with zero attached hydrogens (tertiary/aromatic N) is 1. The predicted octanol–water partition coefficient (Wildman–Crippen LogP) is 3.88. The number of rotatable bonds is 7. The van der Waals surface area contributed by atoms with E-state index in [2.05, 4.69) is 10.2 Å². The molecule has 1 aliphatic rings. The number of benzene rings is 2. The number of para-hydroxylation sites is 1. The van der Waals surface area contributed by atoms with E-state index in [1.54, 1.807) is 6.07 Å². The first-order valence-corrected chi connectivity index (χ1v) is 10.1. The van der Waals surface area contributed by atoms with Gasteiger partial charge in [-0.3, -0.25) is 9.69 Å². The molecule has 5 nitrogen and oxygen atoms in total. The van der Waals surface area contributed by atoms with Crippen LogP contribution in [-0.2, 0) is 11.3 Å². The molecule has 1 fully saturated rings. The van der Waals surface area contributed by atoms with Crippen LogP contribution in [0.4, 0.5) is 0 Å². The van der Waals surface area contributed by atoms with Gasteiger partial charge in [0.1, 0.15) is 0 Å². The molecule has 2 aromatic rings. The van der Waals surface area contributed by atoms with Gasteiger partial charge in [-0.15, -0.1) is 0 Å². The Bertz CT molecular complexity index is 771. The van der Waals surface area contributed by atoms with Crippen LogP contribution in [0.15, 0.2) is 48.5 Å². The molecule has 2 N–H and O–H groups in total. The lowest BCUT2D eigenvalue weighted by atomic mass is 9.94. The molecular formula is C23H30N2O3. The van der Waals surface area contributed by atoms with Crippen LogP contribution < -0.4 is 10.1 Å². The van der Waals surface area contributed by atoms with Crippen molar-refractivity contribution >= 4 is 5.91 Å². The average molecular weight is 383 g/mol. The molecule has 1 heterocycles. The van der Waals surface area contributed by atoms with Crippen LogP contribution in [0.3, 0.4) is 0 Å². The molecule has 150 valence electrons. The average Bonchev–Trinajstić information content (AvgIpc) is 2.72. The lowest BCUT2D eigenvalue weighted by molar-refractivity contribution is -0.127. The summed E-state index contributed by atoms with van der Waals surface area (Å²) in [7, 11) is 0. The molecule has 1 aliphatic heterocycles. The van der Waals surface area contributed by atoms with E-state index in [0.717, 1.165) is 37.1 Å². The number of phenolic OH excluding ortho intramolecular Hbond substituents is 1. The van der Waals surface area contributed by atoms with Crippen molar-refractivity contribution in [3.05, 3.63) is 59.7 Å². The number of carbonyl (C=O) groups is 1. The second kappa shape index (κ2) is 9.60. The Balaban J connectivity index is 1.50. The normalized spacial score (nSPS) is 16.5. The maximum absolute atomic E-state index is 12.6. The predicted molar refractivity (Wildman–Crippen MR) is 110 cm³/mol. The molecular weight excluding hydrogens is 352 g/mol. The van der Waals surface area contributed by atoms with Crippen LogP contribution >= 0.6 is 0 Å². The van der Waals surface area contributed by atoms with Crippen LogP contribution in [0.2, 0.25) is 0 Å². The summed E-state index contributed by atoms with van der Waals surface area (Å²) in [5.74, 6) is 0.938. The Hall–Kier alpha value is -2.53. The molecule has 1 saturated heterocycles. The van der Waals surface area contributed by atoms with Crippen molar-refractivity contribution in [2.45, 2.75) is 39.3 Å². The zero-order valence-electron chi connectivity index (χ0n) is 16.7. The third-order valence-electron chi connectivity index (χ3n) is 5.39. The van der Waals surface area contributed by atoms with Gasteiger partial charge in [-0.05, 0) is 51.4 Å². The van der Waals surface area contributed by atoms with Gasteiger partial charge in [0.15, 0.2) is 11.5 Å². The lowest BCUT2D eigenvalue weighted by Crippen LogP contribution is -2.40. The fraction of sp³-hybridized carbons (Fsp3) is 0.435. The third kappa shape index (κ3) is 5.04. The van der Waals surface area contributed by atoms with Crippen molar-refractivity contribution in [3.63, 3.8) is 0 Å². The van der Waals surface area contributed by atoms with Gasteiger partial charge in [0, 0.05) is 18.0 Å². The van der Waals surface area contributed by atoms with E-state index in [1.807, 2.05) is 56.3 Å². The largest absolute Gasteiger partial charge is 0.504 e. The van der Waals surface area contributed by atoms with Crippen molar-refractivity contribution in [2.75, 3.05) is 19.7 Å². The number of ether oxygens (including phenoxy) is 1. The SMILES string of the molecule is CCOc1cccc(CN2CCC(C(=O)N[C@@H](C)c3ccccc3)CC2)c1O. The Kier molecular flexibility index (Phi) is 6.93. The Labute approximate surface area is 167 Å². The van der Waals surface area contributed by atoms with E-state index in [9.17, 15) is 9.90 Å². The molecule has 0 spiro atoms. The fourth-order valence-corrected chi connectivity index (χ4v) is 3.72. The van der Waals surface area contributed by atoms with E-state index in [1.165, 1.54) is 0 Å². The number of amides is 1. The minimum Gasteiger partial charge on any atom is -0.504 e. The molecule has 0 unspecified atom stereocenters. The number of hydrogen-bond donors (Lipinski definition) is 2. The lowest BCUT2D eigenvalue weighted by Gasteiger charge is -2.32. The standard InChI is InChI=1S/C23H30N2O3/c1-3-28-21-11-7-10-20(22(21)26)16-25-14-12-19(13-15-25)23(27)24-17(2)18-8-5-4-6-9-18/h4-11,17,19,26H,3,12-16H2,1-2H3,(H,24,27)/t17-/m0/s1. The maximum atomic E-state index is 12.6. The van der Waals surface area contributed by atoms with Crippen molar-refractivity contribution < 1.29 is 14.6 Å². The minimum atomic E-state index is 0.0185. The highest BCUT2D eigenvalue weighted by Crippen LogP contribution is 2.31. The van der Waals surface area contributed by atoms with Crippen molar-refractivity contribution in [1.82, 2.24) is 10.2 Å². The van der Waals surface area contributed by atoms with E-state index in [4.69, 9.17) is 4.74 Å². The topological polar surface area (TPSA) is 61.8 Å². The van der Waals surface area contributed by atoms with Gasteiger partial charge in [-0.1, -0.05) is 42.5 Å². The highest BCUT2D eigenvalue weighted by Gasteiger charge is 2.26. The van der Waals surface area contributed by atoms with Gasteiger partial charge in [0.25, 0.3) is 0 Å². The number of likely N-dealkylation sites (tertiary alicyclic amines) is 1. The smallest absolute Gasteiger partial charge is 0.223 e. The van der Waals surface area contributed by atoms with Gasteiger partial charge in [0.2, 0.25) is 5.91 Å². The summed E-state index contributed by atoms with van der Waals surface area (Å²) in [6, 6.07) is 15.7. The van der Waals surface area contributed by atoms with Crippen LogP contribution in [0.5, 0.6) is 11.5 Å². The molecule has 1 atom stereocenters. The van der Waals surface area contributed by atoms with Crippen molar-refractivity contribution in [1.29, 1.82) is 0 Å². The first kappa shape index (κ1) is 20.2. The zero-order chi connectivity index (χ0) is 19.9. The highest BCUT2D eigenvalue weighted by atomic mass is 16.5. The van der Waals surface area contributed by atoms with Crippen LogP contribution in [0, 0.1) is 5.92 Å². The molecule has 0 radical (unpaired) electrons. The molecule has 2 aromatic carbocycles. The number of nitrogens with one attached hydrogen (secondary N) is 1. The van der Waals surface area contributed by atoms with E-state index >= 15 is 0 Å². The molecule has 0 aliphatic carbocycles. The Morgan fingerprint density at radius 3 is 2.57 bits per heavy atom. The molecule has 3 rings (SSSR count). The van der Waals surface area contributed by atoms with E-state index in [0.29, 0.717) is 18.9 Å².